The van der Waals surface area contributed by atoms with Crippen LogP contribution in [-0.2, 0) is 19.2 Å². The van der Waals surface area contributed by atoms with E-state index in [-0.39, 0.29) is 11.8 Å². The fourth-order valence-electron chi connectivity index (χ4n) is 3.89. The molecule has 2 aliphatic heterocycles. The summed E-state index contributed by atoms with van der Waals surface area (Å²) < 4.78 is 10.1. The Morgan fingerprint density at radius 1 is 0.765 bits per heavy atom. The standard InChI is InChI=1S/2C12H13NO4/c2*1-17-9-4-2-3-8(7-9)13-6-5-10(11(13)14)12(15)16/h2*2-4,7,10H,5-6H2,1H3,(H,15,16). The van der Waals surface area contributed by atoms with Gasteiger partial charge in [0, 0.05) is 36.6 Å². The summed E-state index contributed by atoms with van der Waals surface area (Å²) in [5.74, 6) is -3.36. The molecule has 10 heteroatoms. The lowest BCUT2D eigenvalue weighted by atomic mass is 10.1. The van der Waals surface area contributed by atoms with Crippen LogP contribution in [0, 0.1) is 11.8 Å². The molecule has 0 spiro atoms. The van der Waals surface area contributed by atoms with Gasteiger partial charge < -0.3 is 29.5 Å². The highest BCUT2D eigenvalue weighted by atomic mass is 16.5. The molecule has 2 heterocycles. The van der Waals surface area contributed by atoms with Crippen molar-refractivity contribution in [3.8, 4) is 11.5 Å². The number of hydrogen-bond donors (Lipinski definition) is 2. The predicted molar refractivity (Wildman–Crippen MR) is 122 cm³/mol. The van der Waals surface area contributed by atoms with Crippen LogP contribution in [0.5, 0.6) is 11.5 Å². The van der Waals surface area contributed by atoms with Crippen molar-refractivity contribution in [2.45, 2.75) is 12.8 Å². The molecule has 2 N–H and O–H groups in total. The molecule has 2 saturated heterocycles. The van der Waals surface area contributed by atoms with Crippen LogP contribution in [0.3, 0.4) is 0 Å². The minimum absolute atomic E-state index is 0.353. The molecule has 2 atom stereocenters. The molecule has 2 aliphatic rings. The van der Waals surface area contributed by atoms with Gasteiger partial charge in [-0.3, -0.25) is 19.2 Å². The van der Waals surface area contributed by atoms with Crippen molar-refractivity contribution in [3.63, 3.8) is 0 Å². The summed E-state index contributed by atoms with van der Waals surface area (Å²) in [5.41, 5.74) is 1.36. The Morgan fingerprint density at radius 3 is 1.44 bits per heavy atom. The highest BCUT2D eigenvalue weighted by Crippen LogP contribution is 2.29. The Hall–Kier alpha value is -4.08. The number of carboxylic acids is 2. The molecule has 2 aromatic rings. The summed E-state index contributed by atoms with van der Waals surface area (Å²) in [4.78, 5) is 48.4. The Bertz CT molecular complexity index is 1000. The second-order valence-corrected chi connectivity index (χ2v) is 7.74. The molecule has 2 unspecified atom stereocenters. The highest BCUT2D eigenvalue weighted by molar-refractivity contribution is 6.08. The van der Waals surface area contributed by atoms with Crippen molar-refractivity contribution < 1.29 is 38.9 Å². The quantitative estimate of drug-likeness (QED) is 0.614. The van der Waals surface area contributed by atoms with Crippen molar-refractivity contribution in [2.24, 2.45) is 11.8 Å². The number of carboxylic acid groups (broad SMARTS) is 2. The predicted octanol–water partition coefficient (Wildman–Crippen LogP) is 2.27. The third kappa shape index (κ3) is 5.28. The first kappa shape index (κ1) is 24.6. The number of rotatable bonds is 6. The summed E-state index contributed by atoms with van der Waals surface area (Å²) in [6.07, 6.45) is 0.705. The largest absolute Gasteiger partial charge is 0.497 e. The van der Waals surface area contributed by atoms with Crippen LogP contribution in [-0.4, -0.2) is 61.3 Å². The Labute approximate surface area is 196 Å². The smallest absolute Gasteiger partial charge is 0.316 e. The number of nitrogens with zero attached hydrogens (tertiary/aromatic N) is 2. The van der Waals surface area contributed by atoms with Gasteiger partial charge in [-0.1, -0.05) is 12.1 Å². The van der Waals surface area contributed by atoms with E-state index in [1.807, 2.05) is 0 Å². The number of benzene rings is 2. The van der Waals surface area contributed by atoms with Crippen LogP contribution in [0.15, 0.2) is 48.5 Å². The molecule has 0 saturated carbocycles. The molecule has 34 heavy (non-hydrogen) atoms. The molecule has 0 bridgehead atoms. The second kappa shape index (κ2) is 10.7. The average Bonchev–Trinajstić information content (AvgIpc) is 3.42. The van der Waals surface area contributed by atoms with E-state index in [4.69, 9.17) is 19.7 Å². The number of hydrogen-bond acceptors (Lipinski definition) is 6. The molecule has 2 fully saturated rings. The molecular formula is C24H26N2O8. The fourth-order valence-corrected chi connectivity index (χ4v) is 3.89. The van der Waals surface area contributed by atoms with Crippen LogP contribution >= 0.6 is 0 Å². The molecule has 0 radical (unpaired) electrons. The van der Waals surface area contributed by atoms with Crippen LogP contribution in [0.25, 0.3) is 0 Å². The maximum Gasteiger partial charge on any atom is 0.316 e. The van der Waals surface area contributed by atoms with Crippen molar-refractivity contribution in [3.05, 3.63) is 48.5 Å². The van der Waals surface area contributed by atoms with Gasteiger partial charge in [0.15, 0.2) is 0 Å². The van der Waals surface area contributed by atoms with E-state index < -0.39 is 23.8 Å². The number of carbonyl (C=O) groups is 4. The first-order valence-electron chi connectivity index (χ1n) is 10.6. The van der Waals surface area contributed by atoms with Gasteiger partial charge in [0.05, 0.1) is 14.2 Å². The third-order valence-corrected chi connectivity index (χ3v) is 5.74. The van der Waals surface area contributed by atoms with Crippen molar-refractivity contribution in [1.29, 1.82) is 0 Å². The Morgan fingerprint density at radius 2 is 1.15 bits per heavy atom. The summed E-state index contributed by atoms with van der Waals surface area (Å²) in [7, 11) is 3.09. The normalized spacial score (nSPS) is 19.5. The van der Waals surface area contributed by atoms with E-state index in [0.29, 0.717) is 48.8 Å². The number of ether oxygens (including phenoxy) is 2. The van der Waals surface area contributed by atoms with Crippen LogP contribution in [0.4, 0.5) is 11.4 Å². The summed E-state index contributed by atoms with van der Waals surface area (Å²) in [6, 6.07) is 14.1. The number of methoxy groups -OCH3 is 2. The lowest BCUT2D eigenvalue weighted by Gasteiger charge is -2.16. The van der Waals surface area contributed by atoms with Gasteiger partial charge in [-0.05, 0) is 37.1 Å². The molecule has 0 aromatic heterocycles. The Balaban J connectivity index is 0.000000191. The number of carbonyl (C=O) groups excluding carboxylic acids is 2. The minimum Gasteiger partial charge on any atom is -0.497 e. The van der Waals surface area contributed by atoms with Gasteiger partial charge in [0.1, 0.15) is 23.3 Å². The zero-order valence-electron chi connectivity index (χ0n) is 18.8. The van der Waals surface area contributed by atoms with Crippen LogP contribution < -0.4 is 19.3 Å². The topological polar surface area (TPSA) is 134 Å². The maximum absolute atomic E-state index is 11.9. The second-order valence-electron chi connectivity index (χ2n) is 7.74. The minimum atomic E-state index is -1.06. The molecule has 180 valence electrons. The third-order valence-electron chi connectivity index (χ3n) is 5.74. The monoisotopic (exact) mass is 470 g/mol. The highest BCUT2D eigenvalue weighted by Gasteiger charge is 2.38. The van der Waals surface area contributed by atoms with E-state index in [9.17, 15) is 19.2 Å². The Kier molecular flexibility index (Phi) is 7.72. The molecule has 2 amide bonds. The summed E-state index contributed by atoms with van der Waals surface area (Å²) in [5, 5.41) is 17.8. The van der Waals surface area contributed by atoms with Crippen molar-refractivity contribution in [1.82, 2.24) is 0 Å². The average molecular weight is 470 g/mol. The van der Waals surface area contributed by atoms with Crippen molar-refractivity contribution >= 4 is 35.1 Å². The first-order valence-corrected chi connectivity index (χ1v) is 10.6. The fraction of sp³-hybridized carbons (Fsp3) is 0.333. The van der Waals surface area contributed by atoms with E-state index in [1.165, 1.54) is 9.80 Å². The van der Waals surface area contributed by atoms with E-state index >= 15 is 0 Å². The first-order chi connectivity index (χ1) is 16.3. The lowest BCUT2D eigenvalue weighted by molar-refractivity contribution is -0.146. The van der Waals surface area contributed by atoms with Gasteiger partial charge in [-0.25, -0.2) is 0 Å². The van der Waals surface area contributed by atoms with E-state index in [2.05, 4.69) is 0 Å². The van der Waals surface area contributed by atoms with Gasteiger partial charge in [-0.15, -0.1) is 0 Å². The zero-order chi connectivity index (χ0) is 24.8. The molecule has 2 aromatic carbocycles. The van der Waals surface area contributed by atoms with Gasteiger partial charge >= 0.3 is 11.9 Å². The van der Waals surface area contributed by atoms with E-state index in [0.717, 1.165) is 0 Å². The number of anilines is 2. The van der Waals surface area contributed by atoms with Crippen LogP contribution in [0.2, 0.25) is 0 Å². The molecule has 0 aliphatic carbocycles. The van der Waals surface area contributed by atoms with Gasteiger partial charge in [0.25, 0.3) is 0 Å². The molecule has 4 rings (SSSR count). The van der Waals surface area contributed by atoms with Crippen LogP contribution in [0.1, 0.15) is 12.8 Å². The van der Waals surface area contributed by atoms with E-state index in [1.54, 1.807) is 62.8 Å². The summed E-state index contributed by atoms with van der Waals surface area (Å²) >= 11 is 0. The SMILES string of the molecule is COc1cccc(N2CCC(C(=O)O)C2=O)c1.COc1cccc(N2CCC(C(=O)O)C2=O)c1. The number of aliphatic carboxylic acids is 2. The lowest BCUT2D eigenvalue weighted by Crippen LogP contribution is -2.30. The van der Waals surface area contributed by atoms with Gasteiger partial charge in [-0.2, -0.15) is 0 Å². The van der Waals surface area contributed by atoms with Gasteiger partial charge in [0.2, 0.25) is 11.8 Å². The molecule has 10 nitrogen and oxygen atoms in total. The summed E-state index contributed by atoms with van der Waals surface area (Å²) in [6.45, 7) is 0.867. The zero-order valence-corrected chi connectivity index (χ0v) is 18.8. The maximum atomic E-state index is 11.9. The number of amides is 2. The molecular weight excluding hydrogens is 444 g/mol. The van der Waals surface area contributed by atoms with Crippen molar-refractivity contribution in [2.75, 3.05) is 37.1 Å².